The molecule has 1 aliphatic carbocycles. The van der Waals surface area contributed by atoms with E-state index in [1.807, 2.05) is 42.5 Å². The van der Waals surface area contributed by atoms with Crippen molar-refractivity contribution in [3.05, 3.63) is 65.4 Å². The second-order valence-electron chi connectivity index (χ2n) is 8.69. The zero-order valence-corrected chi connectivity index (χ0v) is 18.5. The van der Waals surface area contributed by atoms with Crippen LogP contribution in [0.1, 0.15) is 38.3 Å². The molecule has 0 amide bonds. The highest BCUT2D eigenvalue weighted by atomic mass is 32.1. The SMILES string of the molecule is COc1ccccc1C1N=C(Nc2nc3ccccc3s2)NC2=C1C(=O)CC(C)(C)C2. The van der Waals surface area contributed by atoms with Gasteiger partial charge in [-0.3, -0.25) is 4.79 Å². The molecule has 2 N–H and O–H groups in total. The molecule has 31 heavy (non-hydrogen) atoms. The molecule has 0 bridgehead atoms. The number of allylic oxidation sites excluding steroid dienone is 1. The van der Waals surface area contributed by atoms with E-state index in [4.69, 9.17) is 9.73 Å². The smallest absolute Gasteiger partial charge is 0.202 e. The Morgan fingerprint density at radius 1 is 1.13 bits per heavy atom. The van der Waals surface area contributed by atoms with Crippen molar-refractivity contribution in [2.24, 2.45) is 10.4 Å². The van der Waals surface area contributed by atoms with Crippen LogP contribution in [0.15, 0.2) is 64.8 Å². The minimum Gasteiger partial charge on any atom is -0.496 e. The van der Waals surface area contributed by atoms with Gasteiger partial charge in [0.1, 0.15) is 11.8 Å². The van der Waals surface area contributed by atoms with Crippen molar-refractivity contribution in [2.75, 3.05) is 12.4 Å². The lowest BCUT2D eigenvalue weighted by Crippen LogP contribution is -2.41. The van der Waals surface area contributed by atoms with Crippen LogP contribution in [0.5, 0.6) is 5.75 Å². The number of hydrogen-bond donors (Lipinski definition) is 2. The van der Waals surface area contributed by atoms with Gasteiger partial charge in [-0.25, -0.2) is 9.98 Å². The Morgan fingerprint density at radius 3 is 2.71 bits per heavy atom. The van der Waals surface area contributed by atoms with Crippen LogP contribution in [0.2, 0.25) is 0 Å². The third-order valence-electron chi connectivity index (χ3n) is 5.67. The van der Waals surface area contributed by atoms with E-state index in [1.165, 1.54) is 0 Å². The van der Waals surface area contributed by atoms with Crippen LogP contribution in [0, 0.1) is 5.41 Å². The van der Waals surface area contributed by atoms with E-state index in [0.29, 0.717) is 12.4 Å². The molecule has 0 saturated carbocycles. The molecule has 1 aromatic heterocycles. The minimum atomic E-state index is -0.423. The summed E-state index contributed by atoms with van der Waals surface area (Å²) < 4.78 is 6.70. The third-order valence-corrected chi connectivity index (χ3v) is 6.63. The number of thiazole rings is 1. The van der Waals surface area contributed by atoms with E-state index >= 15 is 0 Å². The molecule has 2 aliphatic rings. The van der Waals surface area contributed by atoms with E-state index in [2.05, 4.69) is 35.5 Å². The van der Waals surface area contributed by atoms with Gasteiger partial charge < -0.3 is 15.4 Å². The zero-order chi connectivity index (χ0) is 21.6. The molecule has 0 saturated heterocycles. The number of aromatic nitrogens is 1. The van der Waals surface area contributed by atoms with Crippen molar-refractivity contribution < 1.29 is 9.53 Å². The number of carbonyl (C=O) groups excluding carboxylic acids is 1. The summed E-state index contributed by atoms with van der Waals surface area (Å²) in [6, 6.07) is 15.4. The molecule has 1 atom stereocenters. The summed E-state index contributed by atoms with van der Waals surface area (Å²) in [6.45, 7) is 4.25. The molecule has 7 heteroatoms. The van der Waals surface area contributed by atoms with Crippen LogP contribution < -0.4 is 15.4 Å². The van der Waals surface area contributed by atoms with Gasteiger partial charge in [-0.15, -0.1) is 0 Å². The Bertz CT molecular complexity index is 1210. The molecule has 1 unspecified atom stereocenters. The number of ketones is 1. The fourth-order valence-corrected chi connectivity index (χ4v) is 5.21. The number of fused-ring (bicyclic) bond motifs is 1. The fourth-order valence-electron chi connectivity index (χ4n) is 4.34. The molecule has 158 valence electrons. The summed E-state index contributed by atoms with van der Waals surface area (Å²) in [5.41, 5.74) is 3.39. The monoisotopic (exact) mass is 432 g/mol. The Labute approximate surface area is 185 Å². The van der Waals surface area contributed by atoms with Crippen molar-refractivity contribution in [3.8, 4) is 5.75 Å². The van der Waals surface area contributed by atoms with E-state index in [1.54, 1.807) is 18.4 Å². The zero-order valence-electron chi connectivity index (χ0n) is 17.7. The molecule has 0 radical (unpaired) electrons. The molecule has 3 aromatic rings. The molecular weight excluding hydrogens is 408 g/mol. The molecule has 2 aromatic carbocycles. The van der Waals surface area contributed by atoms with Gasteiger partial charge in [-0.1, -0.05) is 55.5 Å². The first kappa shape index (κ1) is 19.8. The molecule has 1 aliphatic heterocycles. The Hall–Kier alpha value is -3.19. The Kier molecular flexibility index (Phi) is 4.78. The Morgan fingerprint density at radius 2 is 1.90 bits per heavy atom. The number of hydrogen-bond acceptors (Lipinski definition) is 7. The van der Waals surface area contributed by atoms with Gasteiger partial charge in [0, 0.05) is 23.3 Å². The molecule has 0 fully saturated rings. The van der Waals surface area contributed by atoms with Gasteiger partial charge in [-0.2, -0.15) is 0 Å². The number of anilines is 1. The Balaban J connectivity index is 1.57. The van der Waals surface area contributed by atoms with Gasteiger partial charge in [0.25, 0.3) is 0 Å². The van der Waals surface area contributed by atoms with Gasteiger partial charge in [0.05, 0.1) is 17.3 Å². The maximum absolute atomic E-state index is 13.2. The summed E-state index contributed by atoms with van der Waals surface area (Å²) in [4.78, 5) is 22.7. The quantitative estimate of drug-likeness (QED) is 0.605. The number of para-hydroxylation sites is 2. The number of benzene rings is 2. The van der Waals surface area contributed by atoms with E-state index in [9.17, 15) is 4.79 Å². The average Bonchev–Trinajstić information content (AvgIpc) is 3.14. The minimum absolute atomic E-state index is 0.105. The van der Waals surface area contributed by atoms with Crippen LogP contribution in [0.4, 0.5) is 5.13 Å². The van der Waals surface area contributed by atoms with Crippen LogP contribution >= 0.6 is 11.3 Å². The van der Waals surface area contributed by atoms with Crippen LogP contribution in [0.25, 0.3) is 10.2 Å². The first-order chi connectivity index (χ1) is 14.9. The summed E-state index contributed by atoms with van der Waals surface area (Å²) in [6.07, 6.45) is 1.29. The van der Waals surface area contributed by atoms with E-state index < -0.39 is 6.04 Å². The van der Waals surface area contributed by atoms with Crippen molar-refractivity contribution in [1.29, 1.82) is 0 Å². The number of ether oxygens (including phenoxy) is 1. The summed E-state index contributed by atoms with van der Waals surface area (Å²) in [5, 5.41) is 7.50. The molecule has 0 spiro atoms. The summed E-state index contributed by atoms with van der Waals surface area (Å²) in [5.74, 6) is 1.46. The van der Waals surface area contributed by atoms with Gasteiger partial charge >= 0.3 is 0 Å². The number of carbonyl (C=O) groups is 1. The molecular formula is C24H24N4O2S. The van der Waals surface area contributed by atoms with Crippen LogP contribution in [-0.2, 0) is 4.79 Å². The van der Waals surface area contributed by atoms with Gasteiger partial charge in [-0.05, 0) is 30.0 Å². The summed E-state index contributed by atoms with van der Waals surface area (Å²) >= 11 is 1.57. The van der Waals surface area contributed by atoms with Crippen molar-refractivity contribution in [1.82, 2.24) is 10.3 Å². The second kappa shape index (κ2) is 7.50. The van der Waals surface area contributed by atoms with E-state index in [-0.39, 0.29) is 11.2 Å². The second-order valence-corrected chi connectivity index (χ2v) is 9.72. The largest absolute Gasteiger partial charge is 0.496 e. The number of aliphatic imine (C=N–C) groups is 1. The average molecular weight is 433 g/mol. The predicted octanol–water partition coefficient (Wildman–Crippen LogP) is 5.06. The number of nitrogens with one attached hydrogen (secondary N) is 2. The molecule has 6 nitrogen and oxygen atoms in total. The lowest BCUT2D eigenvalue weighted by Gasteiger charge is -2.37. The van der Waals surface area contributed by atoms with Crippen molar-refractivity contribution in [2.45, 2.75) is 32.7 Å². The van der Waals surface area contributed by atoms with Crippen molar-refractivity contribution in [3.63, 3.8) is 0 Å². The maximum atomic E-state index is 13.2. The normalized spacial score (nSPS) is 20.2. The lowest BCUT2D eigenvalue weighted by molar-refractivity contribution is -0.118. The van der Waals surface area contributed by atoms with Crippen LogP contribution in [0.3, 0.4) is 0 Å². The summed E-state index contributed by atoms with van der Waals surface area (Å²) in [7, 11) is 1.64. The maximum Gasteiger partial charge on any atom is 0.202 e. The third kappa shape index (κ3) is 3.70. The lowest BCUT2D eigenvalue weighted by atomic mass is 9.73. The van der Waals surface area contributed by atoms with Gasteiger partial charge in [0.15, 0.2) is 10.9 Å². The van der Waals surface area contributed by atoms with Gasteiger partial charge in [0.2, 0.25) is 5.96 Å². The molecule has 2 heterocycles. The fraction of sp³-hybridized carbons (Fsp3) is 0.292. The number of methoxy groups -OCH3 is 1. The standard InChI is InChI=1S/C24H24N4O2S/c1-24(2)12-16-20(17(29)13-24)21(14-8-4-6-10-18(14)30-3)27-22(25-16)28-23-26-15-9-5-7-11-19(15)31-23/h4-11,21H,12-13H2,1-3H3,(H2,25,26,27,28). The van der Waals surface area contributed by atoms with E-state index in [0.717, 1.165) is 44.4 Å². The highest BCUT2D eigenvalue weighted by Crippen LogP contribution is 2.44. The first-order valence-corrected chi connectivity index (χ1v) is 11.1. The highest BCUT2D eigenvalue weighted by Gasteiger charge is 2.40. The molecule has 5 rings (SSSR count). The number of rotatable bonds is 3. The number of nitrogens with zero attached hydrogens (tertiary/aromatic N) is 2. The number of Topliss-reactive ketones (excluding diaryl/α,β-unsaturated/α-hetero) is 1. The van der Waals surface area contributed by atoms with Crippen molar-refractivity contribution >= 4 is 38.4 Å². The topological polar surface area (TPSA) is 75.6 Å². The van der Waals surface area contributed by atoms with Crippen LogP contribution in [-0.4, -0.2) is 23.8 Å². The first-order valence-electron chi connectivity index (χ1n) is 10.3. The predicted molar refractivity (Wildman–Crippen MR) is 125 cm³/mol. The number of guanidine groups is 1. The highest BCUT2D eigenvalue weighted by molar-refractivity contribution is 7.22.